The summed E-state index contributed by atoms with van der Waals surface area (Å²) in [5.74, 6) is 0.509. The Labute approximate surface area is 257 Å². The molecular formula is C36H42Cl2Zr. The second-order valence-corrected chi connectivity index (χ2v) is 19.4. The Morgan fingerprint density at radius 1 is 0.718 bits per heavy atom. The maximum Gasteiger partial charge on any atom is -1.00 e. The van der Waals surface area contributed by atoms with Crippen LogP contribution in [0.2, 0.25) is 0 Å². The van der Waals surface area contributed by atoms with Crippen molar-refractivity contribution in [2.24, 2.45) is 11.3 Å². The van der Waals surface area contributed by atoms with E-state index in [1.807, 2.05) is 0 Å². The summed E-state index contributed by atoms with van der Waals surface area (Å²) in [6.45, 7) is 23.3. The van der Waals surface area contributed by atoms with Crippen LogP contribution in [0.1, 0.15) is 82.8 Å². The summed E-state index contributed by atoms with van der Waals surface area (Å²) in [6.07, 6.45) is 5.20. The second-order valence-electron chi connectivity index (χ2n) is 12.6. The smallest absolute Gasteiger partial charge is 1.00 e. The predicted octanol–water partition coefficient (Wildman–Crippen LogP) is 3.67. The fourth-order valence-electron chi connectivity index (χ4n) is 6.15. The first-order valence-corrected chi connectivity index (χ1v) is 17.7. The zero-order valence-electron chi connectivity index (χ0n) is 25.2. The Morgan fingerprint density at radius 3 is 1.62 bits per heavy atom. The van der Waals surface area contributed by atoms with Crippen LogP contribution in [-0.4, -0.2) is 3.21 Å². The van der Waals surface area contributed by atoms with E-state index < -0.39 is 21.3 Å². The first kappa shape index (κ1) is 32.0. The van der Waals surface area contributed by atoms with Crippen molar-refractivity contribution in [2.75, 3.05) is 0 Å². The number of aryl methyl sites for hydroxylation is 5. The van der Waals surface area contributed by atoms with Crippen molar-refractivity contribution >= 4 is 3.21 Å². The average Bonchev–Trinajstić information content (AvgIpc) is 3.34. The predicted molar refractivity (Wildman–Crippen MR) is 158 cm³/mol. The molecule has 0 heterocycles. The van der Waals surface area contributed by atoms with Gasteiger partial charge in [0.25, 0.3) is 0 Å². The molecule has 0 saturated heterocycles. The second kappa shape index (κ2) is 11.8. The van der Waals surface area contributed by atoms with E-state index in [9.17, 15) is 0 Å². The van der Waals surface area contributed by atoms with Crippen molar-refractivity contribution < 1.29 is 46.1 Å². The topological polar surface area (TPSA) is 0 Å². The van der Waals surface area contributed by atoms with Crippen LogP contribution < -0.4 is 24.8 Å². The van der Waals surface area contributed by atoms with Gasteiger partial charge in [0.05, 0.1) is 0 Å². The Bertz CT molecular complexity index is 1450. The summed E-state index contributed by atoms with van der Waals surface area (Å²) in [4.78, 5) is 0. The molecular weight excluding hydrogens is 595 g/mol. The molecule has 3 heteroatoms. The van der Waals surface area contributed by atoms with Crippen LogP contribution in [-0.2, 0) is 21.3 Å². The molecule has 1 atom stereocenters. The van der Waals surface area contributed by atoms with Gasteiger partial charge < -0.3 is 24.8 Å². The summed E-state index contributed by atoms with van der Waals surface area (Å²) in [5, 5.41) is 0. The molecule has 0 saturated carbocycles. The average molecular weight is 637 g/mol. The van der Waals surface area contributed by atoms with Crippen LogP contribution in [0.25, 0.3) is 11.1 Å². The summed E-state index contributed by atoms with van der Waals surface area (Å²) < 4.78 is 3.93. The minimum Gasteiger partial charge on any atom is -1.00 e. The van der Waals surface area contributed by atoms with Crippen molar-refractivity contribution in [3.05, 3.63) is 114 Å². The number of hydrogen-bond donors (Lipinski definition) is 0. The van der Waals surface area contributed by atoms with Crippen LogP contribution in [0.3, 0.4) is 0 Å². The fraction of sp³-hybridized carbons (Fsp3) is 0.361. The SMILES string of the molecule is C/[C](c1ccc(C)cc1)=[Zr+2](/[C]1=CC(C(C)(C)C)=CC1C)[CH]1c2cc(C)c(C)cc2-c2cc(C)c(C)cc21.[Cl-].[Cl-]. The number of rotatable bonds is 3. The van der Waals surface area contributed by atoms with Gasteiger partial charge in [-0.15, -0.1) is 0 Å². The third-order valence-electron chi connectivity index (χ3n) is 8.83. The van der Waals surface area contributed by atoms with E-state index >= 15 is 0 Å². The van der Waals surface area contributed by atoms with Gasteiger partial charge in [-0.05, 0) is 0 Å². The molecule has 0 radical (unpaired) electrons. The fourth-order valence-corrected chi connectivity index (χ4v) is 15.2. The minimum absolute atomic E-state index is 0. The Balaban J connectivity index is 0.00000210. The van der Waals surface area contributed by atoms with E-state index in [1.54, 1.807) is 17.6 Å². The number of benzene rings is 3. The maximum atomic E-state index is 2.64. The molecule has 204 valence electrons. The molecule has 0 aromatic heterocycles. The molecule has 0 fully saturated rings. The van der Waals surface area contributed by atoms with E-state index in [-0.39, 0.29) is 30.2 Å². The molecule has 5 rings (SSSR count). The zero-order chi connectivity index (χ0) is 26.8. The normalized spacial score (nSPS) is 16.5. The third-order valence-corrected chi connectivity index (χ3v) is 17.5. The van der Waals surface area contributed by atoms with Gasteiger partial charge >= 0.3 is 234 Å². The van der Waals surface area contributed by atoms with Gasteiger partial charge in [0.1, 0.15) is 0 Å². The van der Waals surface area contributed by atoms with Gasteiger partial charge in [-0.2, -0.15) is 0 Å². The third kappa shape index (κ3) is 5.80. The van der Waals surface area contributed by atoms with Crippen molar-refractivity contribution in [1.82, 2.24) is 0 Å². The monoisotopic (exact) mass is 634 g/mol. The van der Waals surface area contributed by atoms with Crippen LogP contribution in [0.15, 0.2) is 69.5 Å². The van der Waals surface area contributed by atoms with Crippen LogP contribution in [0, 0.1) is 46.0 Å². The molecule has 0 bridgehead atoms. The van der Waals surface area contributed by atoms with Crippen LogP contribution in [0.4, 0.5) is 0 Å². The van der Waals surface area contributed by atoms with E-state index in [1.165, 1.54) is 50.1 Å². The van der Waals surface area contributed by atoms with E-state index in [2.05, 4.69) is 130 Å². The number of allylic oxidation sites excluding steroid dienone is 4. The Hall–Kier alpha value is -1.53. The van der Waals surface area contributed by atoms with E-state index in [0.717, 1.165) is 0 Å². The van der Waals surface area contributed by atoms with Crippen molar-refractivity contribution in [3.8, 4) is 11.1 Å². The molecule has 0 aliphatic heterocycles. The first-order valence-electron chi connectivity index (χ1n) is 13.8. The summed E-state index contributed by atoms with van der Waals surface area (Å²) in [7, 11) is 0. The van der Waals surface area contributed by atoms with Gasteiger partial charge in [-0.25, -0.2) is 0 Å². The largest absolute Gasteiger partial charge is 1.00 e. The van der Waals surface area contributed by atoms with E-state index in [0.29, 0.717) is 9.54 Å². The molecule has 3 aromatic rings. The summed E-state index contributed by atoms with van der Waals surface area (Å²) >= 11 is -2.48. The minimum atomic E-state index is -2.48. The van der Waals surface area contributed by atoms with Gasteiger partial charge in [0, 0.05) is 0 Å². The van der Waals surface area contributed by atoms with Gasteiger partial charge in [0.15, 0.2) is 0 Å². The van der Waals surface area contributed by atoms with Crippen LogP contribution in [0.5, 0.6) is 0 Å². The molecule has 2 aliphatic rings. The zero-order valence-corrected chi connectivity index (χ0v) is 29.2. The molecule has 1 unspecified atom stereocenters. The summed E-state index contributed by atoms with van der Waals surface area (Å²) in [5.41, 5.74) is 16.2. The van der Waals surface area contributed by atoms with Gasteiger partial charge in [-0.1, -0.05) is 0 Å². The Kier molecular flexibility index (Phi) is 9.65. The van der Waals surface area contributed by atoms with Crippen molar-refractivity contribution in [3.63, 3.8) is 0 Å². The van der Waals surface area contributed by atoms with E-state index in [4.69, 9.17) is 0 Å². The molecule has 0 nitrogen and oxygen atoms in total. The number of fused-ring (bicyclic) bond motifs is 3. The standard InChI is InChI=1S/C17H17.C10H15.C9H10.2ClH.Zr/c1-10-5-14-9-15-6-11(2)13(4)8-17(15)16(14)7-12(10)3;1-8-5-6-9(7-8)10(2,3)4;1-3-9-6-4-8(2)5-7-9;;;/h5-9H,1-4H3;6-8H,1-4H3;4-7H,1-2H3;2*1H;/q;;;;;+2/p-2. The number of halogens is 2. The molecule has 0 spiro atoms. The number of hydrogen-bond acceptors (Lipinski definition) is 0. The quantitative estimate of drug-likeness (QED) is 0.412. The first-order chi connectivity index (χ1) is 17.4. The summed E-state index contributed by atoms with van der Waals surface area (Å²) in [6, 6.07) is 19.4. The van der Waals surface area contributed by atoms with Gasteiger partial charge in [0.2, 0.25) is 0 Å². The molecule has 3 aromatic carbocycles. The molecule has 0 amide bonds. The molecule has 39 heavy (non-hydrogen) atoms. The molecule has 0 N–H and O–H groups in total. The van der Waals surface area contributed by atoms with Crippen LogP contribution >= 0.6 is 0 Å². The van der Waals surface area contributed by atoms with Gasteiger partial charge in [-0.3, -0.25) is 0 Å². The molecule has 2 aliphatic carbocycles. The van der Waals surface area contributed by atoms with Crippen molar-refractivity contribution in [2.45, 2.75) is 72.9 Å². The maximum absolute atomic E-state index is 2.64. The Morgan fingerprint density at radius 2 is 1.18 bits per heavy atom. The van der Waals surface area contributed by atoms with Crippen molar-refractivity contribution in [1.29, 1.82) is 0 Å².